The van der Waals surface area contributed by atoms with Crippen LogP contribution in [0.4, 0.5) is 13.2 Å². The van der Waals surface area contributed by atoms with Crippen LogP contribution in [0.2, 0.25) is 0 Å². The summed E-state index contributed by atoms with van der Waals surface area (Å²) in [6.07, 6.45) is -2.84. The quantitative estimate of drug-likeness (QED) is 0.280. The number of rotatable bonds is 5. The first-order valence-corrected chi connectivity index (χ1v) is 8.01. The molecule has 0 aliphatic heterocycles. The molecule has 0 atom stereocenters. The highest BCUT2D eigenvalue weighted by atomic mass is 127. The van der Waals surface area contributed by atoms with Gasteiger partial charge in [0.1, 0.15) is 5.82 Å². The second-order valence-corrected chi connectivity index (χ2v) is 5.56. The molecule has 150 valence electrons. The first-order chi connectivity index (χ1) is 13.0. The van der Waals surface area contributed by atoms with Crippen molar-refractivity contribution < 1.29 is 17.6 Å². The number of hydrogen-bond acceptors (Lipinski definition) is 4. The molecule has 0 saturated carbocycles. The van der Waals surface area contributed by atoms with E-state index in [0.29, 0.717) is 35.5 Å². The Morgan fingerprint density at radius 2 is 1.96 bits per heavy atom. The molecule has 3 N–H and O–H groups in total. The Kier molecular flexibility index (Phi) is 7.43. The maximum Gasteiger partial charge on any atom is 0.416 e. The lowest BCUT2D eigenvalue weighted by Crippen LogP contribution is -2.36. The summed E-state index contributed by atoms with van der Waals surface area (Å²) in [5.74, 6) is 1.96. The van der Waals surface area contributed by atoms with E-state index in [4.69, 9.17) is 4.42 Å². The van der Waals surface area contributed by atoms with Crippen molar-refractivity contribution in [3.05, 3.63) is 59.6 Å². The minimum atomic E-state index is -4.37. The average Bonchev–Trinajstić information content (AvgIpc) is 3.33. The van der Waals surface area contributed by atoms with Gasteiger partial charge in [-0.1, -0.05) is 12.1 Å². The standard InChI is InChI=1S/C17H17F3N6O.HI/c1-21-16(22-9-11-4-2-5-12(8-11)17(18,19)20)23-10-14-24-15(26-25-14)13-6-3-7-27-13;/h2-8H,9-10H2,1H3,(H2,21,22,23)(H,24,25,26);1H. The molecule has 7 nitrogen and oxygen atoms in total. The lowest BCUT2D eigenvalue weighted by molar-refractivity contribution is -0.137. The van der Waals surface area contributed by atoms with Crippen LogP contribution in [-0.4, -0.2) is 28.2 Å². The Balaban J connectivity index is 0.00000280. The maximum absolute atomic E-state index is 12.8. The van der Waals surface area contributed by atoms with Crippen molar-refractivity contribution in [2.45, 2.75) is 19.3 Å². The highest BCUT2D eigenvalue weighted by molar-refractivity contribution is 14.0. The molecule has 3 aromatic rings. The predicted molar refractivity (Wildman–Crippen MR) is 108 cm³/mol. The second kappa shape index (κ2) is 9.57. The van der Waals surface area contributed by atoms with Crippen LogP contribution in [0.5, 0.6) is 0 Å². The summed E-state index contributed by atoms with van der Waals surface area (Å²) in [5.41, 5.74) is -0.190. The minimum absolute atomic E-state index is 0. The molecule has 2 heterocycles. The van der Waals surface area contributed by atoms with Gasteiger partial charge in [0, 0.05) is 13.6 Å². The highest BCUT2D eigenvalue weighted by Gasteiger charge is 2.30. The lowest BCUT2D eigenvalue weighted by atomic mass is 10.1. The van der Waals surface area contributed by atoms with Crippen molar-refractivity contribution in [3.8, 4) is 11.6 Å². The number of hydrogen-bond donors (Lipinski definition) is 3. The van der Waals surface area contributed by atoms with Gasteiger partial charge in [0.25, 0.3) is 0 Å². The van der Waals surface area contributed by atoms with E-state index in [0.717, 1.165) is 12.1 Å². The third-order valence-electron chi connectivity index (χ3n) is 3.63. The van der Waals surface area contributed by atoms with E-state index in [1.807, 2.05) is 0 Å². The van der Waals surface area contributed by atoms with Gasteiger partial charge < -0.3 is 15.1 Å². The number of benzene rings is 1. The zero-order chi connectivity index (χ0) is 19.3. The zero-order valence-corrected chi connectivity index (χ0v) is 17.1. The number of H-pyrrole nitrogens is 1. The predicted octanol–water partition coefficient (Wildman–Crippen LogP) is 3.57. The number of aliphatic imine (C=N–C) groups is 1. The van der Waals surface area contributed by atoms with E-state index in [9.17, 15) is 13.2 Å². The van der Waals surface area contributed by atoms with E-state index in [2.05, 4.69) is 30.8 Å². The van der Waals surface area contributed by atoms with Crippen molar-refractivity contribution in [1.82, 2.24) is 25.8 Å². The Labute approximate surface area is 175 Å². The molecule has 0 bridgehead atoms. The van der Waals surface area contributed by atoms with E-state index < -0.39 is 11.7 Å². The molecule has 0 fully saturated rings. The van der Waals surface area contributed by atoms with Crippen LogP contribution < -0.4 is 10.6 Å². The fourth-order valence-electron chi connectivity index (χ4n) is 2.32. The molecule has 0 aliphatic rings. The Hall–Kier alpha value is -2.57. The number of aromatic nitrogens is 3. The molecule has 11 heteroatoms. The highest BCUT2D eigenvalue weighted by Crippen LogP contribution is 2.29. The second-order valence-electron chi connectivity index (χ2n) is 5.56. The van der Waals surface area contributed by atoms with E-state index >= 15 is 0 Å². The Morgan fingerprint density at radius 3 is 2.64 bits per heavy atom. The monoisotopic (exact) mass is 506 g/mol. The normalized spacial score (nSPS) is 11.8. The van der Waals surface area contributed by atoms with E-state index in [1.165, 1.54) is 12.3 Å². The molecule has 28 heavy (non-hydrogen) atoms. The summed E-state index contributed by atoms with van der Waals surface area (Å²) in [4.78, 5) is 8.32. The average molecular weight is 506 g/mol. The summed E-state index contributed by atoms with van der Waals surface area (Å²) in [7, 11) is 1.57. The van der Waals surface area contributed by atoms with Crippen molar-refractivity contribution in [1.29, 1.82) is 0 Å². The van der Waals surface area contributed by atoms with Gasteiger partial charge >= 0.3 is 6.18 Å². The molecule has 0 unspecified atom stereocenters. The summed E-state index contributed by atoms with van der Waals surface area (Å²) in [6.45, 7) is 0.494. The van der Waals surface area contributed by atoms with Crippen molar-refractivity contribution in [2.75, 3.05) is 7.05 Å². The maximum atomic E-state index is 12.8. The summed E-state index contributed by atoms with van der Waals surface area (Å²) >= 11 is 0. The van der Waals surface area contributed by atoms with Gasteiger partial charge in [-0.2, -0.15) is 13.2 Å². The molecule has 3 rings (SSSR count). The van der Waals surface area contributed by atoms with Gasteiger partial charge in [0.15, 0.2) is 11.7 Å². The lowest BCUT2D eigenvalue weighted by Gasteiger charge is -2.12. The molecule has 0 saturated heterocycles. The fourth-order valence-corrected chi connectivity index (χ4v) is 2.32. The molecule has 0 aliphatic carbocycles. The first-order valence-electron chi connectivity index (χ1n) is 8.01. The van der Waals surface area contributed by atoms with Gasteiger partial charge in [-0.15, -0.1) is 29.1 Å². The summed E-state index contributed by atoms with van der Waals surface area (Å²) in [6, 6.07) is 8.62. The number of halogens is 4. The summed E-state index contributed by atoms with van der Waals surface area (Å²) < 4.78 is 43.5. The number of furan rings is 1. The zero-order valence-electron chi connectivity index (χ0n) is 14.7. The minimum Gasteiger partial charge on any atom is -0.461 e. The van der Waals surface area contributed by atoms with Crippen LogP contribution in [-0.2, 0) is 19.3 Å². The number of alkyl halides is 3. The molecule has 0 amide bonds. The van der Waals surface area contributed by atoms with Crippen molar-refractivity contribution >= 4 is 29.9 Å². The topological polar surface area (TPSA) is 91.1 Å². The SMILES string of the molecule is CN=C(NCc1cccc(C(F)(F)F)c1)NCc1nc(-c2ccco2)n[nH]1.I. The van der Waals surface area contributed by atoms with E-state index in [-0.39, 0.29) is 30.5 Å². The number of nitrogens with zero attached hydrogens (tertiary/aromatic N) is 3. The first kappa shape index (κ1) is 21.7. The van der Waals surface area contributed by atoms with Gasteiger partial charge in [-0.3, -0.25) is 10.1 Å². The smallest absolute Gasteiger partial charge is 0.416 e. The number of aromatic amines is 1. The third-order valence-corrected chi connectivity index (χ3v) is 3.63. The van der Waals surface area contributed by atoms with Gasteiger partial charge in [0.2, 0.25) is 5.82 Å². The van der Waals surface area contributed by atoms with Crippen LogP contribution in [0.3, 0.4) is 0 Å². The molecule has 0 radical (unpaired) electrons. The van der Waals surface area contributed by atoms with Gasteiger partial charge in [-0.25, -0.2) is 4.98 Å². The number of guanidine groups is 1. The van der Waals surface area contributed by atoms with E-state index in [1.54, 1.807) is 25.2 Å². The van der Waals surface area contributed by atoms with Gasteiger partial charge in [0.05, 0.1) is 18.4 Å². The van der Waals surface area contributed by atoms with Crippen LogP contribution in [0.15, 0.2) is 52.1 Å². The van der Waals surface area contributed by atoms with Crippen molar-refractivity contribution in [2.24, 2.45) is 4.99 Å². The van der Waals surface area contributed by atoms with Crippen LogP contribution in [0.25, 0.3) is 11.6 Å². The Bertz CT molecular complexity index is 908. The van der Waals surface area contributed by atoms with Crippen LogP contribution >= 0.6 is 24.0 Å². The number of nitrogens with one attached hydrogen (secondary N) is 3. The summed E-state index contributed by atoms with van der Waals surface area (Å²) in [5, 5.41) is 12.8. The molecular weight excluding hydrogens is 488 g/mol. The molecule has 2 aromatic heterocycles. The fraction of sp³-hybridized carbons (Fsp3) is 0.235. The van der Waals surface area contributed by atoms with Crippen LogP contribution in [0.1, 0.15) is 17.0 Å². The van der Waals surface area contributed by atoms with Gasteiger partial charge in [-0.05, 0) is 29.8 Å². The molecule has 1 aromatic carbocycles. The third kappa shape index (κ3) is 5.71. The molecular formula is C17H18F3IN6O. The van der Waals surface area contributed by atoms with Crippen LogP contribution in [0, 0.1) is 0 Å². The Morgan fingerprint density at radius 1 is 1.18 bits per heavy atom. The van der Waals surface area contributed by atoms with Crippen molar-refractivity contribution in [3.63, 3.8) is 0 Å². The largest absolute Gasteiger partial charge is 0.461 e. The molecule has 0 spiro atoms.